The Balaban J connectivity index is 1.65. The third-order valence-electron chi connectivity index (χ3n) is 6.47. The van der Waals surface area contributed by atoms with Crippen LogP contribution in [0.15, 0.2) is 23.1 Å². The Morgan fingerprint density at radius 2 is 2.15 bits per heavy atom. The maximum absolute atomic E-state index is 12.7. The molecule has 0 radical (unpaired) electrons. The third kappa shape index (κ3) is 2.37. The van der Waals surface area contributed by atoms with Crippen molar-refractivity contribution in [3.05, 3.63) is 34.1 Å². The van der Waals surface area contributed by atoms with Gasteiger partial charge in [-0.05, 0) is 44.2 Å². The van der Waals surface area contributed by atoms with Gasteiger partial charge in [-0.25, -0.2) is 4.79 Å². The molecule has 5 rings (SSSR count). The van der Waals surface area contributed by atoms with Gasteiger partial charge in [0, 0.05) is 24.8 Å². The van der Waals surface area contributed by atoms with Crippen LogP contribution in [0.3, 0.4) is 0 Å². The zero-order valence-electron chi connectivity index (χ0n) is 15.3. The van der Waals surface area contributed by atoms with Gasteiger partial charge in [0.25, 0.3) is 0 Å². The van der Waals surface area contributed by atoms with Crippen LogP contribution in [0.5, 0.6) is 5.75 Å². The molecule has 2 aliphatic heterocycles. The average molecular weight is 369 g/mol. The number of benzene rings is 1. The SMILES string of the molecule is C[C@H]1COc2c(N3CC[C@@H](C4(N)CC4)C3)ccc3c(=O)c(C(=O)O)cn1c23. The Labute approximate surface area is 156 Å². The number of pyridine rings is 1. The molecule has 3 aliphatic rings. The van der Waals surface area contributed by atoms with E-state index in [1.54, 1.807) is 6.07 Å². The Kier molecular flexibility index (Phi) is 3.37. The number of hydrogen-bond donors (Lipinski definition) is 2. The third-order valence-corrected chi connectivity index (χ3v) is 6.47. The predicted molar refractivity (Wildman–Crippen MR) is 102 cm³/mol. The topological polar surface area (TPSA) is 97.8 Å². The van der Waals surface area contributed by atoms with E-state index in [4.69, 9.17) is 10.5 Å². The van der Waals surface area contributed by atoms with Gasteiger partial charge in [-0.3, -0.25) is 4.79 Å². The van der Waals surface area contributed by atoms with Crippen LogP contribution in [-0.2, 0) is 0 Å². The van der Waals surface area contributed by atoms with Crippen LogP contribution in [0.1, 0.15) is 42.6 Å². The molecule has 3 N–H and O–H groups in total. The van der Waals surface area contributed by atoms with Crippen molar-refractivity contribution in [1.82, 2.24) is 4.57 Å². The van der Waals surface area contributed by atoms with Crippen LogP contribution in [0.2, 0.25) is 0 Å². The maximum atomic E-state index is 12.7. The zero-order chi connectivity index (χ0) is 18.9. The Morgan fingerprint density at radius 3 is 2.85 bits per heavy atom. The molecular weight excluding hydrogens is 346 g/mol. The van der Waals surface area contributed by atoms with E-state index < -0.39 is 11.4 Å². The van der Waals surface area contributed by atoms with E-state index >= 15 is 0 Å². The first kappa shape index (κ1) is 16.6. The molecule has 2 atom stereocenters. The number of nitrogens with two attached hydrogens (primary N) is 1. The molecule has 1 aromatic heterocycles. The summed E-state index contributed by atoms with van der Waals surface area (Å²) in [4.78, 5) is 26.5. The Hall–Kier alpha value is -2.54. The van der Waals surface area contributed by atoms with Gasteiger partial charge in [-0.15, -0.1) is 0 Å². The van der Waals surface area contributed by atoms with E-state index in [0.29, 0.717) is 29.2 Å². The zero-order valence-corrected chi connectivity index (χ0v) is 15.3. The molecule has 1 saturated heterocycles. The number of carboxylic acid groups (broad SMARTS) is 1. The lowest BCUT2D eigenvalue weighted by Crippen LogP contribution is -2.35. The number of carboxylic acids is 1. The van der Waals surface area contributed by atoms with Crippen LogP contribution >= 0.6 is 0 Å². The standard InChI is InChI=1S/C20H23N3O4/c1-11-10-27-18-15(22-7-4-12(8-22)20(21)5-6-20)3-2-13-16(18)23(11)9-14(17(13)24)19(25)26/h2-3,9,11-12H,4-8,10,21H2,1H3,(H,25,26)/t11-,12+/m0/s1. The molecule has 27 heavy (non-hydrogen) atoms. The summed E-state index contributed by atoms with van der Waals surface area (Å²) in [7, 11) is 0. The van der Waals surface area contributed by atoms with E-state index in [-0.39, 0.29) is 17.1 Å². The fourth-order valence-electron chi connectivity index (χ4n) is 4.58. The van der Waals surface area contributed by atoms with Gasteiger partial charge in [0.2, 0.25) is 5.43 Å². The number of carbonyl (C=O) groups is 1. The predicted octanol–water partition coefficient (Wildman–Crippen LogP) is 1.97. The van der Waals surface area contributed by atoms with Crippen molar-refractivity contribution in [1.29, 1.82) is 0 Å². The fraction of sp³-hybridized carbons (Fsp3) is 0.500. The minimum absolute atomic E-state index is 0.00329. The molecule has 142 valence electrons. The number of ether oxygens (including phenoxy) is 1. The molecule has 7 nitrogen and oxygen atoms in total. The van der Waals surface area contributed by atoms with Gasteiger partial charge < -0.3 is 25.0 Å². The summed E-state index contributed by atoms with van der Waals surface area (Å²) in [6.07, 6.45) is 4.72. The highest BCUT2D eigenvalue weighted by atomic mass is 16.5. The molecule has 2 aromatic rings. The van der Waals surface area contributed by atoms with Gasteiger partial charge in [-0.1, -0.05) is 0 Å². The molecule has 1 aliphatic carbocycles. The summed E-state index contributed by atoms with van der Waals surface area (Å²) >= 11 is 0. The molecule has 0 bridgehead atoms. The number of hydrogen-bond acceptors (Lipinski definition) is 5. The normalized spacial score (nSPS) is 25.5. The molecule has 7 heteroatoms. The van der Waals surface area contributed by atoms with Crippen molar-refractivity contribution in [2.45, 2.75) is 37.8 Å². The maximum Gasteiger partial charge on any atom is 0.341 e. The van der Waals surface area contributed by atoms with Crippen molar-refractivity contribution < 1.29 is 14.6 Å². The van der Waals surface area contributed by atoms with Crippen LogP contribution in [0.4, 0.5) is 5.69 Å². The first-order valence-corrected chi connectivity index (χ1v) is 9.51. The summed E-state index contributed by atoms with van der Waals surface area (Å²) in [5.41, 5.74) is 7.41. The molecule has 0 amide bonds. The van der Waals surface area contributed by atoms with Gasteiger partial charge in [-0.2, -0.15) is 0 Å². The van der Waals surface area contributed by atoms with E-state index in [9.17, 15) is 14.7 Å². The number of aromatic carboxylic acids is 1. The van der Waals surface area contributed by atoms with E-state index in [1.165, 1.54) is 6.20 Å². The summed E-state index contributed by atoms with van der Waals surface area (Å²) < 4.78 is 7.94. The number of nitrogens with zero attached hydrogens (tertiary/aromatic N) is 2. The van der Waals surface area contributed by atoms with Crippen molar-refractivity contribution in [3.8, 4) is 5.75 Å². The summed E-state index contributed by atoms with van der Waals surface area (Å²) in [6.45, 7) is 4.21. The first-order valence-electron chi connectivity index (χ1n) is 9.51. The summed E-state index contributed by atoms with van der Waals surface area (Å²) in [5, 5.41) is 9.79. The van der Waals surface area contributed by atoms with Crippen LogP contribution in [0.25, 0.3) is 10.9 Å². The van der Waals surface area contributed by atoms with Crippen molar-refractivity contribution in [2.24, 2.45) is 11.7 Å². The fourth-order valence-corrected chi connectivity index (χ4v) is 4.58. The van der Waals surface area contributed by atoms with E-state index in [0.717, 1.165) is 38.0 Å². The van der Waals surface area contributed by atoms with Crippen LogP contribution < -0.4 is 20.8 Å². The van der Waals surface area contributed by atoms with Gasteiger partial charge in [0.15, 0.2) is 5.75 Å². The number of aromatic nitrogens is 1. The second kappa shape index (κ2) is 5.48. The van der Waals surface area contributed by atoms with E-state index in [1.807, 2.05) is 17.6 Å². The second-order valence-electron chi connectivity index (χ2n) is 8.22. The van der Waals surface area contributed by atoms with Crippen LogP contribution in [0, 0.1) is 5.92 Å². The smallest absolute Gasteiger partial charge is 0.341 e. The molecule has 2 fully saturated rings. The largest absolute Gasteiger partial charge is 0.487 e. The lowest BCUT2D eigenvalue weighted by atomic mass is 9.97. The highest BCUT2D eigenvalue weighted by Crippen LogP contribution is 2.47. The Bertz CT molecular complexity index is 1020. The van der Waals surface area contributed by atoms with Crippen molar-refractivity contribution in [3.63, 3.8) is 0 Å². The molecule has 0 spiro atoms. The summed E-state index contributed by atoms with van der Waals surface area (Å²) in [5.74, 6) is -0.0309. The van der Waals surface area contributed by atoms with Gasteiger partial charge in [0.1, 0.15) is 12.2 Å². The van der Waals surface area contributed by atoms with Crippen molar-refractivity contribution >= 4 is 22.6 Å². The summed E-state index contributed by atoms with van der Waals surface area (Å²) in [6, 6.07) is 3.59. The molecule has 0 unspecified atom stereocenters. The molecule has 1 aromatic carbocycles. The second-order valence-corrected chi connectivity index (χ2v) is 8.22. The number of anilines is 1. The molecule has 1 saturated carbocycles. The molecule has 3 heterocycles. The highest BCUT2D eigenvalue weighted by molar-refractivity contribution is 5.97. The minimum atomic E-state index is -1.20. The quantitative estimate of drug-likeness (QED) is 0.858. The minimum Gasteiger partial charge on any atom is -0.487 e. The van der Waals surface area contributed by atoms with Gasteiger partial charge >= 0.3 is 5.97 Å². The lowest BCUT2D eigenvalue weighted by molar-refractivity contribution is 0.0694. The Morgan fingerprint density at radius 1 is 1.37 bits per heavy atom. The lowest BCUT2D eigenvalue weighted by Gasteiger charge is -2.31. The number of rotatable bonds is 3. The monoisotopic (exact) mass is 369 g/mol. The average Bonchev–Trinajstić information content (AvgIpc) is 3.19. The highest BCUT2D eigenvalue weighted by Gasteiger charge is 2.48. The van der Waals surface area contributed by atoms with Crippen LogP contribution in [-0.4, -0.2) is 40.9 Å². The molecular formula is C20H23N3O4. The first-order chi connectivity index (χ1) is 12.9. The van der Waals surface area contributed by atoms with E-state index in [2.05, 4.69) is 4.90 Å². The van der Waals surface area contributed by atoms with Crippen molar-refractivity contribution in [2.75, 3.05) is 24.6 Å². The van der Waals surface area contributed by atoms with Gasteiger partial charge in [0.05, 0.1) is 22.6 Å².